The van der Waals surface area contributed by atoms with E-state index in [1.54, 1.807) is 0 Å². The summed E-state index contributed by atoms with van der Waals surface area (Å²) in [6.45, 7) is 2.22. The van der Waals surface area contributed by atoms with Gasteiger partial charge in [-0.25, -0.2) is 13.6 Å². The van der Waals surface area contributed by atoms with E-state index in [1.165, 1.54) is 0 Å². The first-order valence-corrected chi connectivity index (χ1v) is 4.11. The van der Waals surface area contributed by atoms with Crippen LogP contribution < -0.4 is 5.73 Å². The van der Waals surface area contributed by atoms with Crippen molar-refractivity contribution in [1.82, 2.24) is 4.98 Å². The van der Waals surface area contributed by atoms with Gasteiger partial charge in [-0.15, -0.1) is 0 Å². The Kier molecular flexibility index (Phi) is 2.61. The fourth-order valence-electron chi connectivity index (χ4n) is 1.09. The van der Waals surface area contributed by atoms with E-state index in [0.29, 0.717) is 0 Å². The highest BCUT2D eigenvalue weighted by atomic mass is 19.1. The molecule has 0 fully saturated rings. The summed E-state index contributed by atoms with van der Waals surface area (Å²) in [5.41, 5.74) is 1.65. The maximum absolute atomic E-state index is 13.4. The number of carboxylic acids is 1. The van der Waals surface area contributed by atoms with E-state index in [0.717, 1.165) is 20.0 Å². The maximum Gasteiger partial charge on any atom is 0.339 e. The molecule has 1 aromatic heterocycles. The van der Waals surface area contributed by atoms with Crippen molar-refractivity contribution < 1.29 is 18.7 Å². The largest absolute Gasteiger partial charge is 0.478 e. The molecule has 6 heteroatoms. The van der Waals surface area contributed by atoms with Crippen LogP contribution in [0.2, 0.25) is 0 Å². The zero-order chi connectivity index (χ0) is 11.8. The molecular weight excluding hydrogens is 206 g/mol. The first-order chi connectivity index (χ1) is 6.75. The number of aromatic nitrogens is 1. The molecule has 1 aromatic rings. The fraction of sp³-hybridized carbons (Fsp3) is 0.333. The number of alkyl halides is 1. The monoisotopic (exact) mass is 216 g/mol. The van der Waals surface area contributed by atoms with E-state index >= 15 is 0 Å². The Morgan fingerprint density at radius 1 is 1.60 bits per heavy atom. The molecule has 0 amide bonds. The number of nitrogens with two attached hydrogens (primary N) is 1. The molecule has 0 saturated heterocycles. The number of nitrogens with zero attached hydrogens (tertiary/aromatic N) is 1. The Bertz CT molecular complexity index is 413. The van der Waals surface area contributed by atoms with E-state index < -0.39 is 34.4 Å². The number of carboxylic acid groups (broad SMARTS) is 1. The molecule has 0 spiro atoms. The smallest absolute Gasteiger partial charge is 0.339 e. The van der Waals surface area contributed by atoms with Crippen LogP contribution in [0.4, 0.5) is 14.5 Å². The first kappa shape index (κ1) is 11.4. The number of hydrogen-bond acceptors (Lipinski definition) is 3. The van der Waals surface area contributed by atoms with Gasteiger partial charge in [-0.05, 0) is 13.8 Å². The third kappa shape index (κ3) is 2.03. The van der Waals surface area contributed by atoms with E-state index in [2.05, 4.69) is 4.98 Å². The van der Waals surface area contributed by atoms with Crippen LogP contribution in [0.5, 0.6) is 0 Å². The second-order valence-corrected chi connectivity index (χ2v) is 3.53. The highest BCUT2D eigenvalue weighted by Gasteiger charge is 2.28. The minimum Gasteiger partial charge on any atom is -0.478 e. The molecular formula is C9H10F2N2O2. The molecule has 0 bridgehead atoms. The number of hydrogen-bond donors (Lipinski definition) is 2. The number of carbonyl (C=O) groups is 1. The van der Waals surface area contributed by atoms with Crippen LogP contribution in [0.1, 0.15) is 29.9 Å². The number of pyridine rings is 1. The molecule has 3 N–H and O–H groups in total. The van der Waals surface area contributed by atoms with Gasteiger partial charge in [0.1, 0.15) is 16.9 Å². The van der Waals surface area contributed by atoms with Crippen molar-refractivity contribution >= 4 is 11.7 Å². The standard InChI is InChI=1S/C9H10F2N2O2/c1-9(2,11)7-5(10)6(12)4(3-13-7)8(14)15/h3H,1-2H3,(H2,12,13)(H,14,15). The van der Waals surface area contributed by atoms with Crippen LogP contribution in [0.25, 0.3) is 0 Å². The van der Waals surface area contributed by atoms with Crippen molar-refractivity contribution in [3.63, 3.8) is 0 Å². The van der Waals surface area contributed by atoms with E-state index in [9.17, 15) is 13.6 Å². The predicted molar refractivity (Wildman–Crippen MR) is 49.7 cm³/mol. The summed E-state index contributed by atoms with van der Waals surface area (Å²) in [5.74, 6) is -2.52. The summed E-state index contributed by atoms with van der Waals surface area (Å²) in [5, 5.41) is 8.60. The van der Waals surface area contributed by atoms with Gasteiger partial charge in [-0.1, -0.05) is 0 Å². The SMILES string of the molecule is CC(C)(F)c1ncc(C(=O)O)c(N)c1F. The molecule has 1 heterocycles. The van der Waals surface area contributed by atoms with E-state index in [-0.39, 0.29) is 0 Å². The normalized spacial score (nSPS) is 11.5. The first-order valence-electron chi connectivity index (χ1n) is 4.11. The van der Waals surface area contributed by atoms with Crippen LogP contribution in [-0.2, 0) is 5.67 Å². The molecule has 0 radical (unpaired) electrons. The highest BCUT2D eigenvalue weighted by molar-refractivity contribution is 5.93. The van der Waals surface area contributed by atoms with Crippen LogP contribution in [0.15, 0.2) is 6.20 Å². The molecule has 82 valence electrons. The van der Waals surface area contributed by atoms with E-state index in [4.69, 9.17) is 10.8 Å². The quantitative estimate of drug-likeness (QED) is 0.788. The van der Waals surface area contributed by atoms with Crippen LogP contribution in [-0.4, -0.2) is 16.1 Å². The Labute approximate surface area is 84.7 Å². The van der Waals surface area contributed by atoms with Gasteiger partial charge in [0.25, 0.3) is 0 Å². The fourth-order valence-corrected chi connectivity index (χ4v) is 1.09. The average molecular weight is 216 g/mol. The van der Waals surface area contributed by atoms with Gasteiger partial charge in [-0.3, -0.25) is 4.98 Å². The Balaban J connectivity index is 3.41. The van der Waals surface area contributed by atoms with Crippen molar-refractivity contribution in [3.8, 4) is 0 Å². The summed E-state index contributed by atoms with van der Waals surface area (Å²) in [7, 11) is 0. The summed E-state index contributed by atoms with van der Waals surface area (Å²) < 4.78 is 26.8. The molecule has 0 aromatic carbocycles. The van der Waals surface area contributed by atoms with Crippen LogP contribution >= 0.6 is 0 Å². The Hall–Kier alpha value is -1.72. The van der Waals surface area contributed by atoms with Gasteiger partial charge >= 0.3 is 5.97 Å². The minimum absolute atomic E-state index is 0.472. The number of halogens is 2. The molecule has 0 aliphatic rings. The lowest BCUT2D eigenvalue weighted by Crippen LogP contribution is -2.17. The number of rotatable bonds is 2. The van der Waals surface area contributed by atoms with Crippen molar-refractivity contribution in [3.05, 3.63) is 23.3 Å². The summed E-state index contributed by atoms with van der Waals surface area (Å²) in [6.07, 6.45) is 0.845. The van der Waals surface area contributed by atoms with Gasteiger partial charge < -0.3 is 10.8 Å². The van der Waals surface area contributed by atoms with Gasteiger partial charge in [-0.2, -0.15) is 0 Å². The molecule has 0 saturated carbocycles. The summed E-state index contributed by atoms with van der Waals surface area (Å²) >= 11 is 0. The van der Waals surface area contributed by atoms with Crippen molar-refractivity contribution in [2.75, 3.05) is 5.73 Å². The molecule has 15 heavy (non-hydrogen) atoms. The lowest BCUT2D eigenvalue weighted by Gasteiger charge is -2.15. The molecule has 0 aliphatic carbocycles. The topological polar surface area (TPSA) is 76.2 Å². The zero-order valence-electron chi connectivity index (χ0n) is 8.21. The molecule has 1 rings (SSSR count). The lowest BCUT2D eigenvalue weighted by atomic mass is 10.0. The molecule has 0 atom stereocenters. The lowest BCUT2D eigenvalue weighted by molar-refractivity contribution is 0.0696. The summed E-state index contributed by atoms with van der Waals surface area (Å²) in [6, 6.07) is 0. The third-order valence-electron chi connectivity index (χ3n) is 1.85. The summed E-state index contributed by atoms with van der Waals surface area (Å²) in [4.78, 5) is 14.0. The number of nitrogen functional groups attached to an aromatic ring is 1. The highest BCUT2D eigenvalue weighted by Crippen LogP contribution is 2.29. The van der Waals surface area contributed by atoms with Crippen LogP contribution in [0.3, 0.4) is 0 Å². The van der Waals surface area contributed by atoms with Crippen LogP contribution in [0, 0.1) is 5.82 Å². The van der Waals surface area contributed by atoms with Gasteiger partial charge in [0.05, 0.1) is 5.69 Å². The van der Waals surface area contributed by atoms with Crippen molar-refractivity contribution in [2.45, 2.75) is 19.5 Å². The van der Waals surface area contributed by atoms with Crippen molar-refractivity contribution in [1.29, 1.82) is 0 Å². The third-order valence-corrected chi connectivity index (χ3v) is 1.85. The Morgan fingerprint density at radius 3 is 2.53 bits per heavy atom. The van der Waals surface area contributed by atoms with Gasteiger partial charge in [0.15, 0.2) is 5.82 Å². The average Bonchev–Trinajstić information content (AvgIpc) is 2.06. The Morgan fingerprint density at radius 2 is 2.13 bits per heavy atom. The second kappa shape index (κ2) is 3.45. The second-order valence-electron chi connectivity index (χ2n) is 3.53. The maximum atomic E-state index is 13.4. The number of aromatic carboxylic acids is 1. The molecule has 0 aliphatic heterocycles. The van der Waals surface area contributed by atoms with Gasteiger partial charge in [0, 0.05) is 6.20 Å². The molecule has 0 unspecified atom stereocenters. The predicted octanol–water partition coefficient (Wildman–Crippen LogP) is 1.71. The minimum atomic E-state index is -2.00. The van der Waals surface area contributed by atoms with Crippen molar-refractivity contribution in [2.24, 2.45) is 0 Å². The molecule has 4 nitrogen and oxygen atoms in total. The number of anilines is 1. The van der Waals surface area contributed by atoms with E-state index in [1.807, 2.05) is 0 Å². The zero-order valence-corrected chi connectivity index (χ0v) is 8.21. The van der Waals surface area contributed by atoms with Gasteiger partial charge in [0.2, 0.25) is 0 Å².